The number of nitrogens with zero attached hydrogens (tertiary/aromatic N) is 3. The van der Waals surface area contributed by atoms with E-state index in [9.17, 15) is 9.90 Å². The number of hydrogen-bond donors (Lipinski definition) is 2. The molecule has 3 aliphatic rings. The quantitative estimate of drug-likeness (QED) is 0.453. The number of amides is 1. The van der Waals surface area contributed by atoms with Gasteiger partial charge >= 0.3 is 0 Å². The van der Waals surface area contributed by atoms with Crippen molar-refractivity contribution in [3.05, 3.63) is 100 Å². The van der Waals surface area contributed by atoms with Crippen LogP contribution in [0.25, 0.3) is 0 Å². The molecule has 2 N–H and O–H groups in total. The highest BCUT2D eigenvalue weighted by Crippen LogP contribution is 2.34. The number of fused-ring (bicyclic) bond motifs is 3. The van der Waals surface area contributed by atoms with Crippen LogP contribution in [0.15, 0.2) is 66.9 Å². The van der Waals surface area contributed by atoms with Gasteiger partial charge in [0.1, 0.15) is 0 Å². The van der Waals surface area contributed by atoms with Crippen LogP contribution >= 0.6 is 0 Å². The number of unbranched alkanes of at least 4 members (excludes halogenated alkanes) is 1. The van der Waals surface area contributed by atoms with Gasteiger partial charge in [0.15, 0.2) is 6.23 Å². The smallest absolute Gasteiger partial charge is 0.256 e. The Kier molecular flexibility index (Phi) is 7.05. The minimum Gasteiger partial charge on any atom is -0.369 e. The fourth-order valence-corrected chi connectivity index (χ4v) is 6.42. The Bertz CT molecular complexity index is 1260. The number of carbonyl (C=O) groups excluding carboxylic acids is 1. The zero-order chi connectivity index (χ0) is 25.2. The van der Waals surface area contributed by atoms with Crippen LogP contribution < -0.4 is 5.32 Å². The van der Waals surface area contributed by atoms with Crippen molar-refractivity contribution in [3.63, 3.8) is 0 Å². The van der Waals surface area contributed by atoms with Gasteiger partial charge in [-0.05, 0) is 73.9 Å². The predicted octanol–water partition coefficient (Wildman–Crippen LogP) is 4.40. The fraction of sp³-hybridized carbons (Fsp3) is 0.419. The summed E-state index contributed by atoms with van der Waals surface area (Å²) in [7, 11) is 0. The number of aryl methyl sites for hydroxylation is 1. The second kappa shape index (κ2) is 10.7. The maximum absolute atomic E-state index is 12.8. The third kappa shape index (κ3) is 4.93. The van der Waals surface area contributed by atoms with Gasteiger partial charge < -0.3 is 15.3 Å². The van der Waals surface area contributed by atoms with Crippen molar-refractivity contribution in [1.82, 2.24) is 20.1 Å². The van der Waals surface area contributed by atoms with Crippen LogP contribution in [0.3, 0.4) is 0 Å². The molecule has 0 radical (unpaired) electrons. The molecule has 6 heteroatoms. The second-order valence-corrected chi connectivity index (χ2v) is 10.7. The Morgan fingerprint density at radius 2 is 1.81 bits per heavy atom. The van der Waals surface area contributed by atoms with E-state index in [1.807, 2.05) is 30.5 Å². The SMILES string of the molecule is O=C1c2ccccc2C(O)N1CCCCN(CC1Cc2ccccc2CN1)[C@H]1CCCc2cccnc21. The number of nitrogens with one attached hydrogen (secondary N) is 1. The van der Waals surface area contributed by atoms with E-state index in [1.54, 1.807) is 4.90 Å². The number of benzene rings is 2. The molecule has 1 amide bonds. The van der Waals surface area contributed by atoms with Gasteiger partial charge in [0, 0.05) is 43.0 Å². The highest BCUT2D eigenvalue weighted by Gasteiger charge is 2.35. The van der Waals surface area contributed by atoms with Crippen molar-refractivity contribution < 1.29 is 9.90 Å². The molecule has 2 aliphatic heterocycles. The molecule has 0 fully saturated rings. The predicted molar refractivity (Wildman–Crippen MR) is 144 cm³/mol. The van der Waals surface area contributed by atoms with E-state index >= 15 is 0 Å². The first kappa shape index (κ1) is 24.3. The maximum Gasteiger partial charge on any atom is 0.256 e. The van der Waals surface area contributed by atoms with Crippen molar-refractivity contribution in [2.45, 2.75) is 63.4 Å². The summed E-state index contributed by atoms with van der Waals surface area (Å²) in [6, 6.07) is 21.2. The van der Waals surface area contributed by atoms with Gasteiger partial charge in [0.2, 0.25) is 0 Å². The lowest BCUT2D eigenvalue weighted by atomic mass is 9.89. The normalized spacial score (nSPS) is 22.6. The van der Waals surface area contributed by atoms with E-state index in [0.29, 0.717) is 24.2 Å². The first-order valence-corrected chi connectivity index (χ1v) is 13.7. The van der Waals surface area contributed by atoms with Gasteiger partial charge in [0.25, 0.3) is 5.91 Å². The molecule has 37 heavy (non-hydrogen) atoms. The lowest BCUT2D eigenvalue weighted by Gasteiger charge is -2.38. The number of pyridine rings is 1. The summed E-state index contributed by atoms with van der Waals surface area (Å²) >= 11 is 0. The molecule has 0 saturated carbocycles. The molecule has 0 bridgehead atoms. The number of aliphatic hydroxyl groups excluding tert-OH is 1. The van der Waals surface area contributed by atoms with Gasteiger partial charge in [0.05, 0.1) is 11.7 Å². The minimum absolute atomic E-state index is 0.0598. The molecule has 0 spiro atoms. The average molecular weight is 497 g/mol. The number of aromatic nitrogens is 1. The average Bonchev–Trinajstić information content (AvgIpc) is 3.19. The van der Waals surface area contributed by atoms with Crippen LogP contribution in [0.4, 0.5) is 0 Å². The molecular formula is C31H36N4O2. The highest BCUT2D eigenvalue weighted by atomic mass is 16.3. The number of rotatable bonds is 8. The van der Waals surface area contributed by atoms with Crippen LogP contribution in [-0.4, -0.2) is 51.5 Å². The Hall–Kier alpha value is -3.06. The van der Waals surface area contributed by atoms with Crippen LogP contribution in [0.1, 0.15) is 76.3 Å². The molecule has 1 aliphatic carbocycles. The zero-order valence-corrected chi connectivity index (χ0v) is 21.4. The second-order valence-electron chi connectivity index (χ2n) is 10.7. The molecule has 0 saturated heterocycles. The maximum atomic E-state index is 12.8. The molecule has 3 aromatic rings. The Morgan fingerprint density at radius 3 is 2.70 bits per heavy atom. The lowest BCUT2D eigenvalue weighted by Crippen LogP contribution is -2.46. The molecule has 2 aromatic carbocycles. The first-order valence-electron chi connectivity index (χ1n) is 13.7. The van der Waals surface area contributed by atoms with E-state index in [-0.39, 0.29) is 5.91 Å². The van der Waals surface area contributed by atoms with Crippen molar-refractivity contribution in [1.29, 1.82) is 0 Å². The summed E-state index contributed by atoms with van der Waals surface area (Å²) in [6.07, 6.45) is 7.40. The van der Waals surface area contributed by atoms with E-state index in [1.165, 1.54) is 28.8 Å². The number of hydrogen-bond acceptors (Lipinski definition) is 5. The third-order valence-corrected chi connectivity index (χ3v) is 8.35. The molecule has 2 unspecified atom stereocenters. The Labute approximate surface area is 219 Å². The number of carbonyl (C=O) groups is 1. The lowest BCUT2D eigenvalue weighted by molar-refractivity contribution is 0.0164. The van der Waals surface area contributed by atoms with Gasteiger partial charge in [-0.25, -0.2) is 0 Å². The van der Waals surface area contributed by atoms with Gasteiger partial charge in [-0.15, -0.1) is 0 Å². The zero-order valence-electron chi connectivity index (χ0n) is 21.4. The topological polar surface area (TPSA) is 68.7 Å². The Morgan fingerprint density at radius 1 is 1.00 bits per heavy atom. The van der Waals surface area contributed by atoms with Gasteiger partial charge in [-0.2, -0.15) is 0 Å². The van der Waals surface area contributed by atoms with Crippen LogP contribution in [0.2, 0.25) is 0 Å². The molecule has 6 rings (SSSR count). The fourth-order valence-electron chi connectivity index (χ4n) is 6.42. The molecule has 1 aromatic heterocycles. The molecule has 6 nitrogen and oxygen atoms in total. The van der Waals surface area contributed by atoms with Gasteiger partial charge in [-0.1, -0.05) is 48.5 Å². The summed E-state index contributed by atoms with van der Waals surface area (Å²) in [6.45, 7) is 3.41. The minimum atomic E-state index is -0.833. The van der Waals surface area contributed by atoms with E-state index < -0.39 is 6.23 Å². The Balaban J connectivity index is 1.13. The van der Waals surface area contributed by atoms with Crippen LogP contribution in [0, 0.1) is 0 Å². The first-order chi connectivity index (χ1) is 18.2. The molecule has 3 heterocycles. The van der Waals surface area contributed by atoms with Crippen molar-refractivity contribution in [3.8, 4) is 0 Å². The van der Waals surface area contributed by atoms with Crippen molar-refractivity contribution in [2.24, 2.45) is 0 Å². The standard InChI is InChI=1S/C31H36N4O2/c36-30-26-13-3-4-14-27(26)31(37)35(30)18-6-5-17-34(28-15-7-11-22-12-8-16-32-29(22)28)21-25-19-23-9-1-2-10-24(23)20-33-25/h1-4,8-10,12-14,16,25,28,30,33,36H,5-7,11,15,17-21H2/t25?,28-,30?/m0/s1. The monoisotopic (exact) mass is 496 g/mol. The highest BCUT2D eigenvalue weighted by molar-refractivity contribution is 5.98. The summed E-state index contributed by atoms with van der Waals surface area (Å²) in [5.41, 5.74) is 6.84. The number of aliphatic hydroxyl groups is 1. The third-order valence-electron chi connectivity index (χ3n) is 8.35. The van der Waals surface area contributed by atoms with Gasteiger partial charge in [-0.3, -0.25) is 14.7 Å². The van der Waals surface area contributed by atoms with E-state index in [4.69, 9.17) is 4.98 Å². The summed E-state index contributed by atoms with van der Waals surface area (Å²) < 4.78 is 0. The molecule has 192 valence electrons. The summed E-state index contributed by atoms with van der Waals surface area (Å²) in [4.78, 5) is 21.9. The van der Waals surface area contributed by atoms with Crippen molar-refractivity contribution in [2.75, 3.05) is 19.6 Å². The van der Waals surface area contributed by atoms with E-state index in [2.05, 4.69) is 46.6 Å². The molecule has 3 atom stereocenters. The van der Waals surface area contributed by atoms with Crippen LogP contribution in [0.5, 0.6) is 0 Å². The van der Waals surface area contributed by atoms with Crippen LogP contribution in [-0.2, 0) is 19.4 Å². The van der Waals surface area contributed by atoms with Crippen molar-refractivity contribution >= 4 is 5.91 Å². The summed E-state index contributed by atoms with van der Waals surface area (Å²) in [5, 5.41) is 14.5. The largest absolute Gasteiger partial charge is 0.369 e. The van der Waals surface area contributed by atoms with E-state index in [0.717, 1.165) is 57.3 Å². The summed E-state index contributed by atoms with van der Waals surface area (Å²) in [5.74, 6) is -0.0598. The molecular weight excluding hydrogens is 460 g/mol.